The number of pyridine rings is 2. The van der Waals surface area contributed by atoms with Gasteiger partial charge in [-0.15, -0.1) is 11.3 Å². The molecule has 0 radical (unpaired) electrons. The first-order valence-electron chi connectivity index (χ1n) is 15.8. The minimum Gasteiger partial charge on any atom is -0.453 e. The maximum Gasteiger partial charge on any atom is 0.319 e. The van der Waals surface area contributed by atoms with Crippen molar-refractivity contribution in [1.82, 2.24) is 29.4 Å². The number of thiophene rings is 1. The number of urea groups is 1. The summed E-state index contributed by atoms with van der Waals surface area (Å²) in [5.41, 5.74) is 4.16. The smallest absolute Gasteiger partial charge is 0.319 e. The highest BCUT2D eigenvalue weighted by Gasteiger charge is 2.32. The predicted octanol–water partition coefficient (Wildman–Crippen LogP) is 5.87. The highest BCUT2D eigenvalue weighted by atomic mass is 32.2. The van der Waals surface area contributed by atoms with Gasteiger partial charge in [0.25, 0.3) is 0 Å². The van der Waals surface area contributed by atoms with Crippen LogP contribution in [-0.4, -0.2) is 86.7 Å². The first-order valence-corrected chi connectivity index (χ1v) is 17.7. The largest absolute Gasteiger partial charge is 0.453 e. The van der Waals surface area contributed by atoms with Gasteiger partial charge in [-0.1, -0.05) is 23.8 Å². The summed E-state index contributed by atoms with van der Waals surface area (Å²) < 4.78 is 36.5. The van der Waals surface area contributed by atoms with Crippen molar-refractivity contribution in [1.29, 1.82) is 0 Å². The zero-order valence-electron chi connectivity index (χ0n) is 26.7. The molecule has 7 rings (SSSR count). The van der Waals surface area contributed by atoms with Crippen LogP contribution < -0.4 is 15.4 Å². The van der Waals surface area contributed by atoms with E-state index in [1.807, 2.05) is 49.5 Å². The maximum atomic E-state index is 15.2. The van der Waals surface area contributed by atoms with Crippen molar-refractivity contribution in [3.63, 3.8) is 0 Å². The molecule has 2 aliphatic rings. The van der Waals surface area contributed by atoms with Crippen LogP contribution in [0.5, 0.6) is 11.5 Å². The number of piperazine rings is 1. The summed E-state index contributed by atoms with van der Waals surface area (Å²) in [5.74, 6) is -0.101. The number of nitrogens with one attached hydrogen (secondary N) is 2. The number of likely N-dealkylation sites (N-methyl/N-ethyl adjacent to an activating group) is 1. The van der Waals surface area contributed by atoms with Crippen LogP contribution in [0.4, 0.5) is 14.9 Å². The van der Waals surface area contributed by atoms with E-state index in [4.69, 9.17) is 9.72 Å². The van der Waals surface area contributed by atoms with Gasteiger partial charge in [-0.05, 0) is 55.9 Å². The number of aromatic nitrogens is 2. The highest BCUT2D eigenvalue weighted by molar-refractivity contribution is 7.82. The summed E-state index contributed by atoms with van der Waals surface area (Å²) in [6, 6.07) is 19.1. The van der Waals surface area contributed by atoms with Crippen LogP contribution in [0.1, 0.15) is 11.1 Å². The van der Waals surface area contributed by atoms with Gasteiger partial charge in [0.05, 0.1) is 31.7 Å². The lowest BCUT2D eigenvalue weighted by Gasteiger charge is -2.38. The molecule has 2 fully saturated rings. The second-order valence-electron chi connectivity index (χ2n) is 12.2. The molecule has 2 aromatic carbocycles. The molecule has 1 atom stereocenters. The number of hydrogen-bond donors (Lipinski definition) is 2. The first-order chi connectivity index (χ1) is 23.3. The van der Waals surface area contributed by atoms with Crippen LogP contribution in [0, 0.1) is 12.7 Å². The number of benzene rings is 2. The molecule has 5 heterocycles. The molecular formula is C35H36FN7O3S2. The normalized spacial score (nSPS) is 16.8. The Morgan fingerprint density at radius 3 is 2.52 bits per heavy atom. The Morgan fingerprint density at radius 1 is 1.00 bits per heavy atom. The second-order valence-corrected chi connectivity index (χ2v) is 14.8. The molecule has 2 N–H and O–H groups in total. The summed E-state index contributed by atoms with van der Waals surface area (Å²) in [7, 11) is 0.877. The van der Waals surface area contributed by atoms with E-state index >= 15 is 4.39 Å². The molecule has 248 valence electrons. The van der Waals surface area contributed by atoms with Gasteiger partial charge in [0, 0.05) is 76.0 Å². The minimum atomic E-state index is -1.28. The number of aryl methyl sites for hydroxylation is 1. The molecule has 48 heavy (non-hydrogen) atoms. The van der Waals surface area contributed by atoms with Gasteiger partial charge in [0.15, 0.2) is 11.6 Å². The Labute approximate surface area is 285 Å². The third-order valence-corrected chi connectivity index (χ3v) is 11.1. The maximum absolute atomic E-state index is 15.2. The number of rotatable bonds is 9. The van der Waals surface area contributed by atoms with Crippen molar-refractivity contribution in [3.8, 4) is 22.1 Å². The Morgan fingerprint density at radius 2 is 1.79 bits per heavy atom. The van der Waals surface area contributed by atoms with Crippen LogP contribution in [0.2, 0.25) is 0 Å². The number of nitrogens with zero attached hydrogens (tertiary/aromatic N) is 5. The number of ether oxygens (including phenoxy) is 1. The molecule has 0 bridgehead atoms. The van der Waals surface area contributed by atoms with E-state index in [9.17, 15) is 9.00 Å². The number of carbonyl (C=O) groups excluding carboxylic acids is 1. The zero-order chi connectivity index (χ0) is 33.2. The molecule has 5 aromatic rings. The Balaban J connectivity index is 0.946. The third kappa shape index (κ3) is 7.40. The number of amides is 2. The summed E-state index contributed by atoms with van der Waals surface area (Å²) >= 11 is 1.49. The number of halogens is 1. The van der Waals surface area contributed by atoms with E-state index in [0.717, 1.165) is 64.0 Å². The Bertz CT molecular complexity index is 1940. The number of hydrogen-bond acceptors (Lipinski definition) is 8. The summed E-state index contributed by atoms with van der Waals surface area (Å²) in [4.78, 5) is 28.3. The fourth-order valence-corrected chi connectivity index (χ4v) is 7.99. The molecular weight excluding hydrogens is 650 g/mol. The van der Waals surface area contributed by atoms with E-state index in [1.165, 1.54) is 29.0 Å². The van der Waals surface area contributed by atoms with Gasteiger partial charge in [-0.3, -0.25) is 14.9 Å². The average Bonchev–Trinajstić information content (AvgIpc) is 3.51. The van der Waals surface area contributed by atoms with Crippen molar-refractivity contribution in [3.05, 3.63) is 96.1 Å². The van der Waals surface area contributed by atoms with Crippen LogP contribution >= 0.6 is 11.3 Å². The van der Waals surface area contributed by atoms with Crippen LogP contribution in [0.3, 0.4) is 0 Å². The Hall–Kier alpha value is -4.27. The molecule has 0 saturated carbocycles. The van der Waals surface area contributed by atoms with Crippen molar-refractivity contribution >= 4 is 44.3 Å². The van der Waals surface area contributed by atoms with Crippen molar-refractivity contribution in [2.24, 2.45) is 0 Å². The van der Waals surface area contributed by atoms with E-state index in [2.05, 4.69) is 38.5 Å². The van der Waals surface area contributed by atoms with E-state index in [1.54, 1.807) is 22.6 Å². The predicted molar refractivity (Wildman–Crippen MR) is 187 cm³/mol. The van der Waals surface area contributed by atoms with Crippen LogP contribution in [-0.2, 0) is 17.5 Å². The summed E-state index contributed by atoms with van der Waals surface area (Å²) in [5, 5.41) is 5.52. The van der Waals surface area contributed by atoms with Gasteiger partial charge in [0.2, 0.25) is 0 Å². The molecule has 1 unspecified atom stereocenters. The quantitative estimate of drug-likeness (QED) is 0.200. The fourth-order valence-electron chi connectivity index (χ4n) is 5.65. The fraction of sp³-hybridized carbons (Fsp3) is 0.286. The summed E-state index contributed by atoms with van der Waals surface area (Å²) in [6.07, 6.45) is 3.57. The van der Waals surface area contributed by atoms with Crippen LogP contribution in [0.15, 0.2) is 84.0 Å². The van der Waals surface area contributed by atoms with E-state index in [-0.39, 0.29) is 17.5 Å². The van der Waals surface area contributed by atoms with Crippen LogP contribution in [0.25, 0.3) is 20.8 Å². The number of carbonyl (C=O) groups is 1. The Kier molecular flexibility index (Phi) is 9.46. The minimum absolute atomic E-state index is 0.0306. The SMILES string of the molecule is Cc1ccc(S(=O)N2CC(NC(=O)Nc3ccc(Oc4ccnc5cc(-c6ccc(CN7CCN(C)CC7)cn6)sc45)c(F)c3)C2)cc1. The second kappa shape index (κ2) is 14.1. The molecule has 2 amide bonds. The standard InChI is InChI=1S/C35H36FN7O3S2/c1-23-3-7-27(8-4-23)48(45)43-21-26(22-43)40-35(44)39-25-6-10-31(28(36)17-25)46-32-11-12-37-30-18-33(47-34(30)32)29-9-5-24(19-38-29)20-42-15-13-41(2)14-16-42/h3-12,17-19,26H,13-16,20-22H2,1-2H3,(H2,39,40,44). The topological polar surface area (TPSA) is 103 Å². The van der Waals surface area contributed by atoms with E-state index in [0.29, 0.717) is 18.8 Å². The molecule has 10 nitrogen and oxygen atoms in total. The average molecular weight is 686 g/mol. The molecule has 3 aromatic heterocycles. The highest BCUT2D eigenvalue weighted by Crippen LogP contribution is 2.39. The number of fused-ring (bicyclic) bond motifs is 1. The van der Waals surface area contributed by atoms with Gasteiger partial charge >= 0.3 is 6.03 Å². The summed E-state index contributed by atoms with van der Waals surface area (Å²) in [6.45, 7) is 8.04. The molecule has 13 heteroatoms. The lowest BCUT2D eigenvalue weighted by atomic mass is 10.2. The van der Waals surface area contributed by atoms with Crippen molar-refractivity contribution in [2.75, 3.05) is 51.6 Å². The van der Waals surface area contributed by atoms with Gasteiger partial charge in [-0.25, -0.2) is 17.7 Å². The number of anilines is 1. The monoisotopic (exact) mass is 685 g/mol. The van der Waals surface area contributed by atoms with Crippen molar-refractivity contribution in [2.45, 2.75) is 24.4 Å². The lowest BCUT2D eigenvalue weighted by molar-refractivity contribution is 0.148. The molecule has 0 aliphatic carbocycles. The lowest BCUT2D eigenvalue weighted by Crippen LogP contribution is -2.60. The molecule has 2 saturated heterocycles. The van der Waals surface area contributed by atoms with Crippen molar-refractivity contribution < 1.29 is 18.1 Å². The third-order valence-electron chi connectivity index (χ3n) is 8.51. The zero-order valence-corrected chi connectivity index (χ0v) is 28.3. The van der Waals surface area contributed by atoms with Gasteiger partial charge in [0.1, 0.15) is 16.7 Å². The first kappa shape index (κ1) is 32.3. The molecule has 0 spiro atoms. The van der Waals surface area contributed by atoms with Gasteiger partial charge in [-0.2, -0.15) is 0 Å². The van der Waals surface area contributed by atoms with E-state index < -0.39 is 22.8 Å². The van der Waals surface area contributed by atoms with Gasteiger partial charge < -0.3 is 20.3 Å². The molecule has 2 aliphatic heterocycles.